The summed E-state index contributed by atoms with van der Waals surface area (Å²) in [5.41, 5.74) is 5.39. The molecule has 1 aliphatic carbocycles. The smallest absolute Gasteiger partial charge is 0.279 e. The van der Waals surface area contributed by atoms with E-state index in [4.69, 9.17) is 5.73 Å². The van der Waals surface area contributed by atoms with Crippen LogP contribution < -0.4 is 10.5 Å². The third kappa shape index (κ3) is 2.74. The largest absolute Gasteiger partial charge is 0.329 e. The number of likely N-dealkylation sites (N-methyl/N-ethyl adjacent to an activating group) is 1. The Balaban J connectivity index is 2.86. The number of nitrogens with two attached hydrogens (primary N) is 1. The van der Waals surface area contributed by atoms with Gasteiger partial charge in [0.15, 0.2) is 0 Å². The molecule has 5 nitrogen and oxygen atoms in total. The van der Waals surface area contributed by atoms with Crippen LogP contribution in [0.4, 0.5) is 0 Å². The summed E-state index contributed by atoms with van der Waals surface area (Å²) in [6, 6.07) is -0.0938. The van der Waals surface area contributed by atoms with Gasteiger partial charge in [-0.2, -0.15) is 17.4 Å². The monoisotopic (exact) mass is 249 g/mol. The van der Waals surface area contributed by atoms with Crippen molar-refractivity contribution in [1.82, 2.24) is 9.03 Å². The molecule has 0 spiro atoms. The number of nitrogens with one attached hydrogen (secondary N) is 1. The van der Waals surface area contributed by atoms with Crippen molar-refractivity contribution < 1.29 is 8.42 Å². The average Bonchev–Trinajstić information content (AvgIpc) is 2.64. The second-order valence-electron chi connectivity index (χ2n) is 4.88. The third-order valence-electron chi connectivity index (χ3n) is 3.33. The maximum Gasteiger partial charge on any atom is 0.279 e. The molecule has 0 unspecified atom stereocenters. The third-order valence-corrected chi connectivity index (χ3v) is 5.21. The summed E-state index contributed by atoms with van der Waals surface area (Å²) in [4.78, 5) is 0. The minimum absolute atomic E-state index is 0.0938. The van der Waals surface area contributed by atoms with E-state index in [0.29, 0.717) is 6.54 Å². The van der Waals surface area contributed by atoms with E-state index in [9.17, 15) is 8.42 Å². The van der Waals surface area contributed by atoms with Crippen molar-refractivity contribution in [2.75, 3.05) is 13.6 Å². The van der Waals surface area contributed by atoms with E-state index >= 15 is 0 Å². The molecule has 0 aromatic rings. The van der Waals surface area contributed by atoms with Gasteiger partial charge < -0.3 is 5.73 Å². The van der Waals surface area contributed by atoms with Crippen LogP contribution in [-0.4, -0.2) is 37.9 Å². The van der Waals surface area contributed by atoms with Gasteiger partial charge in [-0.15, -0.1) is 0 Å². The highest BCUT2D eigenvalue weighted by Gasteiger charge is 2.42. The fraction of sp³-hybridized carbons (Fsp3) is 1.00. The lowest BCUT2D eigenvalue weighted by Gasteiger charge is -2.37. The summed E-state index contributed by atoms with van der Waals surface area (Å²) in [5, 5.41) is 0. The highest BCUT2D eigenvalue weighted by Crippen LogP contribution is 2.34. The predicted octanol–water partition coefficient (Wildman–Crippen LogP) is 0.433. The zero-order valence-corrected chi connectivity index (χ0v) is 11.2. The van der Waals surface area contributed by atoms with E-state index in [2.05, 4.69) is 4.72 Å². The Morgan fingerprint density at radius 3 is 2.25 bits per heavy atom. The summed E-state index contributed by atoms with van der Waals surface area (Å²) >= 11 is 0. The summed E-state index contributed by atoms with van der Waals surface area (Å²) in [7, 11) is -1.78. The first kappa shape index (κ1) is 13.9. The lowest BCUT2D eigenvalue weighted by atomic mass is 9.98. The van der Waals surface area contributed by atoms with Gasteiger partial charge in [0.1, 0.15) is 0 Å². The second-order valence-corrected chi connectivity index (χ2v) is 6.61. The van der Waals surface area contributed by atoms with Crippen LogP contribution >= 0.6 is 0 Å². The maximum atomic E-state index is 12.1. The van der Waals surface area contributed by atoms with Crippen LogP contribution in [0.2, 0.25) is 0 Å². The van der Waals surface area contributed by atoms with Gasteiger partial charge in [0.05, 0.1) is 0 Å². The minimum atomic E-state index is -3.41. The van der Waals surface area contributed by atoms with Crippen molar-refractivity contribution in [2.45, 2.75) is 51.1 Å². The molecule has 96 valence electrons. The molecule has 0 atom stereocenters. The van der Waals surface area contributed by atoms with Gasteiger partial charge in [-0.25, -0.2) is 0 Å². The fourth-order valence-corrected chi connectivity index (χ4v) is 3.83. The molecule has 3 N–H and O–H groups in total. The number of hydrogen-bond donors (Lipinski definition) is 2. The average molecular weight is 249 g/mol. The molecule has 16 heavy (non-hydrogen) atoms. The summed E-state index contributed by atoms with van der Waals surface area (Å²) in [6.45, 7) is 4.02. The van der Waals surface area contributed by atoms with Gasteiger partial charge in [-0.3, -0.25) is 0 Å². The lowest BCUT2D eigenvalue weighted by Crippen LogP contribution is -2.56. The van der Waals surface area contributed by atoms with Crippen LogP contribution in [0.1, 0.15) is 39.5 Å². The SMILES string of the molecule is CC(C)NS(=O)(=O)N(C)C1(CN)CCCC1. The molecule has 0 radical (unpaired) electrons. The molecular formula is C10H23N3O2S. The molecule has 6 heteroatoms. The first-order valence-corrected chi connectivity index (χ1v) is 7.24. The summed E-state index contributed by atoms with van der Waals surface area (Å²) < 4.78 is 28.1. The van der Waals surface area contributed by atoms with Gasteiger partial charge in [-0.1, -0.05) is 12.8 Å². The van der Waals surface area contributed by atoms with Crippen molar-refractivity contribution in [3.63, 3.8) is 0 Å². The number of rotatable bonds is 5. The van der Waals surface area contributed by atoms with Gasteiger partial charge in [-0.05, 0) is 26.7 Å². The van der Waals surface area contributed by atoms with Gasteiger partial charge in [0, 0.05) is 25.2 Å². The molecule has 0 aliphatic heterocycles. The molecule has 0 saturated heterocycles. The highest BCUT2D eigenvalue weighted by atomic mass is 32.2. The molecular weight excluding hydrogens is 226 g/mol. The second kappa shape index (κ2) is 5.00. The van der Waals surface area contributed by atoms with E-state index in [1.165, 1.54) is 4.31 Å². The Morgan fingerprint density at radius 2 is 1.88 bits per heavy atom. The Kier molecular flexibility index (Phi) is 4.34. The van der Waals surface area contributed by atoms with Gasteiger partial charge in [0.25, 0.3) is 10.2 Å². The predicted molar refractivity (Wildman–Crippen MR) is 65.2 cm³/mol. The molecule has 1 aliphatic rings. The standard InChI is InChI=1S/C10H23N3O2S/c1-9(2)12-16(14,15)13(3)10(8-11)6-4-5-7-10/h9,12H,4-8,11H2,1-3H3. The van der Waals surface area contributed by atoms with Gasteiger partial charge >= 0.3 is 0 Å². The van der Waals surface area contributed by atoms with E-state index < -0.39 is 10.2 Å². The van der Waals surface area contributed by atoms with Crippen molar-refractivity contribution in [1.29, 1.82) is 0 Å². The normalized spacial score (nSPS) is 20.9. The zero-order chi connectivity index (χ0) is 12.4. The molecule has 1 rings (SSSR count). The minimum Gasteiger partial charge on any atom is -0.329 e. The van der Waals surface area contributed by atoms with Crippen molar-refractivity contribution in [3.05, 3.63) is 0 Å². The van der Waals surface area contributed by atoms with Crippen LogP contribution in [-0.2, 0) is 10.2 Å². The first-order chi connectivity index (χ1) is 7.34. The molecule has 0 heterocycles. The fourth-order valence-electron chi connectivity index (χ4n) is 2.31. The van der Waals surface area contributed by atoms with Crippen LogP contribution in [0, 0.1) is 0 Å². The molecule has 0 aromatic heterocycles. The van der Waals surface area contributed by atoms with Crippen LogP contribution in [0.3, 0.4) is 0 Å². The Bertz CT molecular complexity index is 321. The molecule has 0 amide bonds. The van der Waals surface area contributed by atoms with E-state index in [-0.39, 0.29) is 11.6 Å². The van der Waals surface area contributed by atoms with Crippen molar-refractivity contribution in [3.8, 4) is 0 Å². The lowest BCUT2D eigenvalue weighted by molar-refractivity contribution is 0.227. The number of hydrogen-bond acceptors (Lipinski definition) is 3. The molecule has 0 aromatic carbocycles. The summed E-state index contributed by atoms with van der Waals surface area (Å²) in [6.07, 6.45) is 3.83. The van der Waals surface area contributed by atoms with Gasteiger partial charge in [0.2, 0.25) is 0 Å². The van der Waals surface area contributed by atoms with E-state index in [1.807, 2.05) is 13.8 Å². The van der Waals surface area contributed by atoms with E-state index in [0.717, 1.165) is 25.7 Å². The van der Waals surface area contributed by atoms with Crippen LogP contribution in [0.15, 0.2) is 0 Å². The van der Waals surface area contributed by atoms with E-state index in [1.54, 1.807) is 7.05 Å². The summed E-state index contributed by atoms with van der Waals surface area (Å²) in [5.74, 6) is 0. The highest BCUT2D eigenvalue weighted by molar-refractivity contribution is 7.87. The van der Waals surface area contributed by atoms with Crippen molar-refractivity contribution in [2.24, 2.45) is 5.73 Å². The number of nitrogens with zero attached hydrogens (tertiary/aromatic N) is 1. The zero-order valence-electron chi connectivity index (χ0n) is 10.4. The molecule has 0 bridgehead atoms. The Hall–Kier alpha value is -0.170. The Morgan fingerprint density at radius 1 is 1.38 bits per heavy atom. The van der Waals surface area contributed by atoms with Crippen molar-refractivity contribution >= 4 is 10.2 Å². The molecule has 1 fully saturated rings. The molecule has 1 saturated carbocycles. The Labute approximate surface area is 98.6 Å². The first-order valence-electron chi connectivity index (χ1n) is 5.80. The quantitative estimate of drug-likeness (QED) is 0.742. The maximum absolute atomic E-state index is 12.1. The topological polar surface area (TPSA) is 75.4 Å². The van der Waals surface area contributed by atoms with Crippen LogP contribution in [0.5, 0.6) is 0 Å². The van der Waals surface area contributed by atoms with Crippen LogP contribution in [0.25, 0.3) is 0 Å².